The van der Waals surface area contributed by atoms with E-state index in [2.05, 4.69) is 10.1 Å². The van der Waals surface area contributed by atoms with Crippen molar-refractivity contribution >= 4 is 29.3 Å². The lowest BCUT2D eigenvalue weighted by molar-refractivity contribution is -0.139. The van der Waals surface area contributed by atoms with E-state index >= 15 is 0 Å². The highest BCUT2D eigenvalue weighted by atomic mass is 32.2. The van der Waals surface area contributed by atoms with Gasteiger partial charge >= 0.3 is 5.97 Å². The van der Waals surface area contributed by atoms with Gasteiger partial charge in [0, 0.05) is 11.0 Å². The third-order valence-electron chi connectivity index (χ3n) is 3.15. The van der Waals surface area contributed by atoms with Gasteiger partial charge in [-0.15, -0.1) is 11.8 Å². The van der Waals surface area contributed by atoms with Crippen LogP contribution in [0.2, 0.25) is 0 Å². The fraction of sp³-hybridized carbons (Fsp3) is 0.176. The summed E-state index contributed by atoms with van der Waals surface area (Å²) in [7, 11) is 1.29. The first kappa shape index (κ1) is 17.9. The van der Waals surface area contributed by atoms with Crippen molar-refractivity contribution in [2.75, 3.05) is 12.4 Å². The van der Waals surface area contributed by atoms with E-state index in [-0.39, 0.29) is 11.3 Å². The molecule has 1 amide bonds. The van der Waals surface area contributed by atoms with Crippen LogP contribution in [0.25, 0.3) is 0 Å². The number of hydrogen-bond acceptors (Lipinski definition) is 4. The van der Waals surface area contributed by atoms with E-state index in [9.17, 15) is 18.4 Å². The molecule has 0 aliphatic heterocycles. The summed E-state index contributed by atoms with van der Waals surface area (Å²) in [6.45, 7) is 1.66. The van der Waals surface area contributed by atoms with Gasteiger partial charge in [-0.05, 0) is 31.2 Å². The zero-order chi connectivity index (χ0) is 17.7. The molecule has 0 aliphatic carbocycles. The van der Waals surface area contributed by atoms with Crippen molar-refractivity contribution in [1.82, 2.24) is 0 Å². The van der Waals surface area contributed by atoms with Crippen LogP contribution in [-0.2, 0) is 9.53 Å². The predicted molar refractivity (Wildman–Crippen MR) is 88.1 cm³/mol. The number of carbonyl (C=O) groups excluding carboxylic acids is 2. The van der Waals surface area contributed by atoms with Crippen LogP contribution in [0.3, 0.4) is 0 Å². The third kappa shape index (κ3) is 4.32. The molecule has 0 spiro atoms. The molecule has 126 valence electrons. The average molecular weight is 351 g/mol. The Labute approximate surface area is 142 Å². The lowest BCUT2D eigenvalue weighted by Gasteiger charge is -2.13. The fourth-order valence-corrected chi connectivity index (χ4v) is 2.96. The largest absolute Gasteiger partial charge is 0.468 e. The second-order valence-corrected chi connectivity index (χ2v) is 6.24. The van der Waals surface area contributed by atoms with E-state index in [4.69, 9.17) is 0 Å². The van der Waals surface area contributed by atoms with Crippen LogP contribution in [0.1, 0.15) is 17.3 Å². The predicted octanol–water partition coefficient (Wildman–Crippen LogP) is 3.87. The summed E-state index contributed by atoms with van der Waals surface area (Å²) in [4.78, 5) is 24.5. The quantitative estimate of drug-likeness (QED) is 0.656. The van der Waals surface area contributed by atoms with Gasteiger partial charge in [0.05, 0.1) is 18.4 Å². The van der Waals surface area contributed by atoms with Crippen molar-refractivity contribution < 1.29 is 23.1 Å². The van der Waals surface area contributed by atoms with Crippen molar-refractivity contribution in [3.63, 3.8) is 0 Å². The second-order valence-electron chi connectivity index (χ2n) is 4.86. The SMILES string of the molecule is COC(=O)C(C)Sc1ccccc1C(=O)Nc1ccc(F)cc1F. The van der Waals surface area contributed by atoms with Crippen molar-refractivity contribution in [1.29, 1.82) is 0 Å². The van der Waals surface area contributed by atoms with Crippen molar-refractivity contribution in [3.8, 4) is 0 Å². The van der Waals surface area contributed by atoms with E-state index in [0.717, 1.165) is 23.9 Å². The van der Waals surface area contributed by atoms with Crippen LogP contribution >= 0.6 is 11.8 Å². The van der Waals surface area contributed by atoms with Gasteiger partial charge in [-0.2, -0.15) is 0 Å². The summed E-state index contributed by atoms with van der Waals surface area (Å²) in [6.07, 6.45) is 0. The summed E-state index contributed by atoms with van der Waals surface area (Å²) in [6, 6.07) is 9.51. The molecule has 0 radical (unpaired) electrons. The maximum atomic E-state index is 13.7. The highest BCUT2D eigenvalue weighted by molar-refractivity contribution is 8.00. The maximum absolute atomic E-state index is 13.7. The van der Waals surface area contributed by atoms with Crippen molar-refractivity contribution in [2.45, 2.75) is 17.1 Å². The Morgan fingerprint density at radius 3 is 2.54 bits per heavy atom. The number of rotatable bonds is 5. The van der Waals surface area contributed by atoms with Gasteiger partial charge in [-0.3, -0.25) is 9.59 Å². The van der Waals surface area contributed by atoms with Crippen LogP contribution < -0.4 is 5.32 Å². The smallest absolute Gasteiger partial charge is 0.318 e. The van der Waals surface area contributed by atoms with Gasteiger partial charge in [0.25, 0.3) is 5.91 Å². The summed E-state index contributed by atoms with van der Waals surface area (Å²) in [5, 5.41) is 1.89. The highest BCUT2D eigenvalue weighted by Gasteiger charge is 2.19. The third-order valence-corrected chi connectivity index (χ3v) is 4.30. The molecule has 0 aliphatic rings. The van der Waals surface area contributed by atoms with E-state index in [1.165, 1.54) is 7.11 Å². The summed E-state index contributed by atoms with van der Waals surface area (Å²) in [5.74, 6) is -2.56. The summed E-state index contributed by atoms with van der Waals surface area (Å²) < 4.78 is 31.3. The first-order valence-electron chi connectivity index (χ1n) is 7.02. The molecular formula is C17H15F2NO3S. The maximum Gasteiger partial charge on any atom is 0.318 e. The van der Waals surface area contributed by atoms with Crippen LogP contribution in [0.5, 0.6) is 0 Å². The first-order chi connectivity index (χ1) is 11.4. The van der Waals surface area contributed by atoms with E-state index < -0.39 is 28.8 Å². The fourth-order valence-electron chi connectivity index (χ4n) is 1.94. The Kier molecular flexibility index (Phi) is 5.92. The number of esters is 1. The molecule has 0 aromatic heterocycles. The molecule has 1 N–H and O–H groups in total. The number of carbonyl (C=O) groups is 2. The molecule has 0 fully saturated rings. The van der Waals surface area contributed by atoms with Gasteiger partial charge in [0.15, 0.2) is 0 Å². The normalized spacial score (nSPS) is 11.7. The number of benzene rings is 2. The lowest BCUT2D eigenvalue weighted by atomic mass is 10.2. The van der Waals surface area contributed by atoms with Gasteiger partial charge in [-0.1, -0.05) is 12.1 Å². The molecule has 1 atom stereocenters. The number of ether oxygens (including phenoxy) is 1. The minimum absolute atomic E-state index is 0.123. The molecule has 7 heteroatoms. The van der Waals surface area contributed by atoms with E-state index in [1.54, 1.807) is 31.2 Å². The van der Waals surface area contributed by atoms with Crippen molar-refractivity contribution in [3.05, 3.63) is 59.7 Å². The van der Waals surface area contributed by atoms with Crippen LogP contribution in [-0.4, -0.2) is 24.2 Å². The molecule has 0 saturated heterocycles. The number of methoxy groups -OCH3 is 1. The minimum Gasteiger partial charge on any atom is -0.468 e. The Balaban J connectivity index is 2.22. The Morgan fingerprint density at radius 1 is 1.17 bits per heavy atom. The molecule has 0 saturated carbocycles. The van der Waals surface area contributed by atoms with Crippen LogP contribution in [0.4, 0.5) is 14.5 Å². The Morgan fingerprint density at radius 2 is 1.88 bits per heavy atom. The summed E-state index contributed by atoms with van der Waals surface area (Å²) in [5.41, 5.74) is 0.157. The molecule has 2 rings (SSSR count). The lowest BCUT2D eigenvalue weighted by Crippen LogP contribution is -2.17. The first-order valence-corrected chi connectivity index (χ1v) is 7.90. The van der Waals surface area contributed by atoms with E-state index in [1.807, 2.05) is 0 Å². The number of halogens is 2. The van der Waals surface area contributed by atoms with Gasteiger partial charge in [-0.25, -0.2) is 8.78 Å². The van der Waals surface area contributed by atoms with Gasteiger partial charge < -0.3 is 10.1 Å². The number of thioether (sulfide) groups is 1. The molecule has 0 bridgehead atoms. The molecule has 2 aromatic carbocycles. The molecule has 24 heavy (non-hydrogen) atoms. The monoisotopic (exact) mass is 351 g/mol. The highest BCUT2D eigenvalue weighted by Crippen LogP contribution is 2.28. The average Bonchev–Trinajstić information content (AvgIpc) is 2.57. The summed E-state index contributed by atoms with van der Waals surface area (Å²) >= 11 is 1.16. The molecular weight excluding hydrogens is 336 g/mol. The number of anilines is 1. The molecule has 0 heterocycles. The van der Waals surface area contributed by atoms with Crippen LogP contribution in [0, 0.1) is 11.6 Å². The van der Waals surface area contributed by atoms with E-state index in [0.29, 0.717) is 11.0 Å². The topological polar surface area (TPSA) is 55.4 Å². The number of amides is 1. The van der Waals surface area contributed by atoms with Crippen molar-refractivity contribution in [2.24, 2.45) is 0 Å². The second kappa shape index (κ2) is 7.92. The zero-order valence-corrected chi connectivity index (χ0v) is 13.8. The number of hydrogen-bond donors (Lipinski definition) is 1. The Bertz CT molecular complexity index is 767. The molecule has 1 unspecified atom stereocenters. The van der Waals surface area contributed by atoms with Gasteiger partial charge in [0.2, 0.25) is 0 Å². The minimum atomic E-state index is -0.864. The van der Waals surface area contributed by atoms with Gasteiger partial charge in [0.1, 0.15) is 16.9 Å². The zero-order valence-electron chi connectivity index (χ0n) is 13.0. The standard InChI is InChI=1S/C17H15F2NO3S/c1-10(17(22)23-2)24-15-6-4-3-5-12(15)16(21)20-14-8-7-11(18)9-13(14)19/h3-10H,1-2H3,(H,20,21). The molecule has 2 aromatic rings. The molecule has 4 nitrogen and oxygen atoms in total. The number of nitrogens with one attached hydrogen (secondary N) is 1. The van der Waals surface area contributed by atoms with Crippen LogP contribution in [0.15, 0.2) is 47.4 Å². The Hall–Kier alpha value is -2.41.